The molecule has 0 bridgehead atoms. The van der Waals surface area contributed by atoms with Gasteiger partial charge in [-0.05, 0) is 59.9 Å². The van der Waals surface area contributed by atoms with Crippen molar-refractivity contribution in [1.29, 1.82) is 0 Å². The van der Waals surface area contributed by atoms with E-state index in [2.05, 4.69) is 41.0 Å². The molecule has 0 aliphatic carbocycles. The molecule has 1 aromatic carbocycles. The number of nitrogens with zero attached hydrogens (tertiary/aromatic N) is 3. The van der Waals surface area contributed by atoms with Crippen LogP contribution in [-0.4, -0.2) is 29.9 Å². The van der Waals surface area contributed by atoms with Crippen LogP contribution in [0.4, 0.5) is 19.0 Å². The number of rotatable bonds is 10. The monoisotopic (exact) mass is 556 g/mol. The maximum atomic E-state index is 13.9. The molecule has 0 saturated carbocycles. The van der Waals surface area contributed by atoms with Crippen LogP contribution in [0.2, 0.25) is 28.6 Å². The van der Waals surface area contributed by atoms with Gasteiger partial charge in [-0.1, -0.05) is 56.7 Å². The van der Waals surface area contributed by atoms with Crippen LogP contribution in [0.5, 0.6) is 0 Å². The Labute approximate surface area is 220 Å². The molecule has 0 fully saturated rings. The molecule has 0 aliphatic rings. The molecule has 5 nitrogen and oxygen atoms in total. The minimum absolute atomic E-state index is 0.0157. The molecule has 0 spiro atoms. The second-order valence-electron chi connectivity index (χ2n) is 8.49. The predicted octanol–water partition coefficient (Wildman–Crippen LogP) is 8.56. The quantitative estimate of drug-likeness (QED) is 0.154. The van der Waals surface area contributed by atoms with Crippen molar-refractivity contribution < 1.29 is 17.6 Å². The summed E-state index contributed by atoms with van der Waals surface area (Å²) in [7, 11) is -1.86. The topological polar surface area (TPSA) is 59.9 Å². The zero-order valence-corrected chi connectivity index (χ0v) is 23.1. The number of anilines is 1. The summed E-state index contributed by atoms with van der Waals surface area (Å²) in [5.41, 5.74) is 0.280. The first-order valence-corrected chi connectivity index (χ1v) is 15.1. The second kappa shape index (κ2) is 11.9. The van der Waals surface area contributed by atoms with E-state index >= 15 is 0 Å². The molecule has 2 heterocycles. The Bertz CT molecular complexity index is 1230. The first kappa shape index (κ1) is 28.4. The van der Waals surface area contributed by atoms with Gasteiger partial charge in [-0.15, -0.1) is 0 Å². The maximum Gasteiger partial charge on any atom is 0.416 e. The van der Waals surface area contributed by atoms with Crippen molar-refractivity contribution in [2.45, 2.75) is 58.0 Å². The standard InChI is InChI=1S/C25H29Cl2F3N4OSi/c1-5-36(6-2,7-3)35-13-9-11-18-17(10-8-12-20(18)25(28,29)30)16(4)32-23-19-14-22(26)31-15-21(19)33-24(27)34-23/h8-12,14-16H,5-7,13H2,1-4H3,(H,32,33,34)/b11-9-/t16-/m1/s1. The predicted molar refractivity (Wildman–Crippen MR) is 143 cm³/mol. The van der Waals surface area contributed by atoms with Crippen molar-refractivity contribution in [2.75, 3.05) is 11.9 Å². The summed E-state index contributed by atoms with van der Waals surface area (Å²) in [5, 5.41) is 3.96. The molecular weight excluding hydrogens is 528 g/mol. The molecule has 194 valence electrons. The summed E-state index contributed by atoms with van der Waals surface area (Å²) in [6.07, 6.45) is 0.120. The molecule has 0 saturated heterocycles. The fourth-order valence-corrected chi connectivity index (χ4v) is 7.11. The highest BCUT2D eigenvalue weighted by Crippen LogP contribution is 2.37. The van der Waals surface area contributed by atoms with E-state index in [1.807, 2.05) is 0 Å². The summed E-state index contributed by atoms with van der Waals surface area (Å²) in [5.74, 6) is 0.349. The molecule has 1 atom stereocenters. The lowest BCUT2D eigenvalue weighted by molar-refractivity contribution is -0.137. The van der Waals surface area contributed by atoms with Gasteiger partial charge in [0.05, 0.1) is 29.9 Å². The summed E-state index contributed by atoms with van der Waals surface area (Å²) in [6, 6.07) is 8.08. The van der Waals surface area contributed by atoms with E-state index in [1.54, 1.807) is 25.1 Å². The number of hydrogen-bond acceptors (Lipinski definition) is 5. The molecule has 11 heteroatoms. The number of halogens is 5. The number of benzene rings is 1. The summed E-state index contributed by atoms with van der Waals surface area (Å²) in [6.45, 7) is 8.36. The van der Waals surface area contributed by atoms with Crippen molar-refractivity contribution in [3.05, 3.63) is 63.7 Å². The number of hydrogen-bond donors (Lipinski definition) is 1. The summed E-state index contributed by atoms with van der Waals surface area (Å²) in [4.78, 5) is 12.4. The van der Waals surface area contributed by atoms with Crippen LogP contribution >= 0.6 is 23.2 Å². The van der Waals surface area contributed by atoms with Gasteiger partial charge in [-0.3, -0.25) is 0 Å². The first-order valence-electron chi connectivity index (χ1n) is 11.8. The second-order valence-corrected chi connectivity index (χ2v) is 14.0. The molecular formula is C25H29Cl2F3N4OSi. The minimum Gasteiger partial charge on any atom is -0.413 e. The van der Waals surface area contributed by atoms with Crippen molar-refractivity contribution in [2.24, 2.45) is 0 Å². The Morgan fingerprint density at radius 3 is 2.44 bits per heavy atom. The Morgan fingerprint density at radius 1 is 1.11 bits per heavy atom. The molecule has 0 unspecified atom stereocenters. The van der Waals surface area contributed by atoms with Crippen LogP contribution in [0.1, 0.15) is 50.4 Å². The lowest BCUT2D eigenvalue weighted by Gasteiger charge is -2.27. The zero-order valence-electron chi connectivity index (χ0n) is 20.6. The number of pyridine rings is 1. The van der Waals surface area contributed by atoms with Gasteiger partial charge in [0, 0.05) is 5.39 Å². The van der Waals surface area contributed by atoms with Gasteiger partial charge in [0.1, 0.15) is 11.0 Å². The fourth-order valence-electron chi connectivity index (χ4n) is 4.21. The average molecular weight is 558 g/mol. The van der Waals surface area contributed by atoms with E-state index in [0.717, 1.165) is 24.2 Å². The number of aromatic nitrogens is 3. The average Bonchev–Trinajstić information content (AvgIpc) is 2.84. The number of nitrogens with one attached hydrogen (secondary N) is 1. The Hall–Kier alpha value is -2.20. The number of fused-ring (bicyclic) bond motifs is 1. The number of alkyl halides is 3. The van der Waals surface area contributed by atoms with E-state index < -0.39 is 26.1 Å². The molecule has 1 N–H and O–H groups in total. The molecule has 0 amide bonds. The fraction of sp³-hybridized carbons (Fsp3) is 0.400. The van der Waals surface area contributed by atoms with Gasteiger partial charge in [0.2, 0.25) is 5.28 Å². The minimum atomic E-state index is -4.52. The van der Waals surface area contributed by atoms with Crippen LogP contribution in [0.3, 0.4) is 0 Å². The van der Waals surface area contributed by atoms with Crippen molar-refractivity contribution in [3.8, 4) is 0 Å². The third-order valence-corrected chi connectivity index (χ3v) is 11.5. The molecule has 3 rings (SSSR count). The van der Waals surface area contributed by atoms with Gasteiger partial charge in [-0.2, -0.15) is 13.2 Å². The highest BCUT2D eigenvalue weighted by Gasteiger charge is 2.34. The lowest BCUT2D eigenvalue weighted by Crippen LogP contribution is -2.35. The van der Waals surface area contributed by atoms with Gasteiger partial charge >= 0.3 is 6.18 Å². The van der Waals surface area contributed by atoms with E-state index in [4.69, 9.17) is 27.6 Å². The highest BCUT2D eigenvalue weighted by molar-refractivity contribution is 6.73. The highest BCUT2D eigenvalue weighted by atomic mass is 35.5. The van der Waals surface area contributed by atoms with E-state index in [-0.39, 0.29) is 22.6 Å². The zero-order chi connectivity index (χ0) is 26.5. The van der Waals surface area contributed by atoms with Crippen molar-refractivity contribution in [3.63, 3.8) is 0 Å². The molecule has 0 radical (unpaired) electrons. The van der Waals surface area contributed by atoms with E-state index in [0.29, 0.717) is 22.3 Å². The van der Waals surface area contributed by atoms with Crippen molar-refractivity contribution >= 4 is 54.3 Å². The van der Waals surface area contributed by atoms with Gasteiger partial charge < -0.3 is 9.74 Å². The van der Waals surface area contributed by atoms with Gasteiger partial charge in [-0.25, -0.2) is 15.0 Å². The van der Waals surface area contributed by atoms with Crippen LogP contribution in [0.15, 0.2) is 36.5 Å². The smallest absolute Gasteiger partial charge is 0.413 e. The normalized spacial score (nSPS) is 13.5. The largest absolute Gasteiger partial charge is 0.416 e. The van der Waals surface area contributed by atoms with E-state index in [9.17, 15) is 13.2 Å². The molecule has 2 aromatic heterocycles. The summed E-state index contributed by atoms with van der Waals surface area (Å²) < 4.78 is 48.0. The Balaban J connectivity index is 1.97. The van der Waals surface area contributed by atoms with Crippen molar-refractivity contribution in [1.82, 2.24) is 15.0 Å². The van der Waals surface area contributed by atoms with Crippen LogP contribution in [0.25, 0.3) is 17.0 Å². The SMILES string of the molecule is CC[Si](CC)(CC)OC/C=C\c1c([C@@H](C)Nc2nc(Cl)nc3cnc(Cl)cc23)cccc1C(F)(F)F. The van der Waals surface area contributed by atoms with Crippen LogP contribution in [0, 0.1) is 0 Å². The van der Waals surface area contributed by atoms with Gasteiger partial charge in [0.25, 0.3) is 0 Å². The van der Waals surface area contributed by atoms with Gasteiger partial charge in [0.15, 0.2) is 8.32 Å². The summed E-state index contributed by atoms with van der Waals surface area (Å²) >= 11 is 12.1. The Morgan fingerprint density at radius 2 is 1.81 bits per heavy atom. The van der Waals surface area contributed by atoms with E-state index in [1.165, 1.54) is 18.3 Å². The first-order chi connectivity index (χ1) is 17.0. The van der Waals surface area contributed by atoms with Crippen LogP contribution in [-0.2, 0) is 10.6 Å². The van der Waals surface area contributed by atoms with Crippen LogP contribution < -0.4 is 5.32 Å². The third-order valence-electron chi connectivity index (χ3n) is 6.49. The molecule has 0 aliphatic heterocycles. The lowest BCUT2D eigenvalue weighted by atomic mass is 9.95. The molecule has 3 aromatic rings. The molecule has 36 heavy (non-hydrogen) atoms. The third kappa shape index (κ3) is 6.56. The Kier molecular flexibility index (Phi) is 9.37. The maximum absolute atomic E-state index is 13.9.